The molecule has 0 atom stereocenters. The molecule has 0 fully saturated rings. The van der Waals surface area contributed by atoms with Gasteiger partial charge in [0, 0.05) is 11.3 Å². The van der Waals surface area contributed by atoms with Crippen LogP contribution in [0.25, 0.3) is 22.2 Å². The summed E-state index contributed by atoms with van der Waals surface area (Å²) in [5.74, 6) is 2.53. The van der Waals surface area contributed by atoms with Crippen molar-refractivity contribution in [1.82, 2.24) is 15.2 Å². The third-order valence-corrected chi connectivity index (χ3v) is 5.16. The molecule has 0 radical (unpaired) electrons. The van der Waals surface area contributed by atoms with Gasteiger partial charge in [0.2, 0.25) is 11.8 Å². The van der Waals surface area contributed by atoms with Gasteiger partial charge in [0.1, 0.15) is 12.0 Å². The fraction of sp³-hybridized carbons (Fsp3) is 0.167. The average molecular weight is 385 g/mol. The van der Waals surface area contributed by atoms with Crippen LogP contribution in [0.5, 0.6) is 5.75 Å². The topological polar surface area (TPSA) is 74.2 Å². The van der Waals surface area contributed by atoms with Crippen LogP contribution in [0.15, 0.2) is 62.1 Å². The minimum Gasteiger partial charge on any atom is -0.494 e. The number of aromatic nitrogens is 3. The summed E-state index contributed by atoms with van der Waals surface area (Å²) < 4.78 is 16.7. The number of nitrogens with zero attached hydrogens (tertiary/aromatic N) is 3. The number of oxazole rings is 1. The quantitative estimate of drug-likeness (QED) is 0.408. The van der Waals surface area contributed by atoms with E-state index in [1.807, 2.05) is 48.7 Å². The van der Waals surface area contributed by atoms with Crippen LogP contribution in [0, 0.1) is 0 Å². The maximum atomic E-state index is 5.71. The minimum atomic E-state index is 0.481. The first-order valence-electron chi connectivity index (χ1n) is 7.99. The molecular weight excluding hydrogens is 370 g/mol. The zero-order valence-corrected chi connectivity index (χ0v) is 15.5. The summed E-state index contributed by atoms with van der Waals surface area (Å²) in [5, 5.41) is 10.7. The summed E-state index contributed by atoms with van der Waals surface area (Å²) in [5.41, 5.74) is 1.69. The van der Waals surface area contributed by atoms with Crippen LogP contribution in [0.1, 0.15) is 12.6 Å². The van der Waals surface area contributed by atoms with Crippen molar-refractivity contribution in [2.45, 2.75) is 17.9 Å². The molecule has 0 aliphatic heterocycles. The first-order chi connectivity index (χ1) is 12.8. The molecule has 6 nitrogen and oxygen atoms in total. The Labute approximate surface area is 158 Å². The van der Waals surface area contributed by atoms with Crippen LogP contribution in [-0.2, 0) is 5.75 Å². The predicted octanol–water partition coefficient (Wildman–Crippen LogP) is 5.14. The van der Waals surface area contributed by atoms with E-state index in [-0.39, 0.29) is 0 Å². The van der Waals surface area contributed by atoms with Crippen molar-refractivity contribution < 1.29 is 13.6 Å². The van der Waals surface area contributed by atoms with Crippen LogP contribution < -0.4 is 4.74 Å². The molecule has 0 unspecified atom stereocenters. The second kappa shape index (κ2) is 7.76. The van der Waals surface area contributed by atoms with Gasteiger partial charge in [-0.25, -0.2) is 4.98 Å². The fourth-order valence-electron chi connectivity index (χ4n) is 2.27. The van der Waals surface area contributed by atoms with Gasteiger partial charge in [-0.3, -0.25) is 0 Å². The van der Waals surface area contributed by atoms with Crippen LogP contribution >= 0.6 is 23.1 Å². The third kappa shape index (κ3) is 3.81. The lowest BCUT2D eigenvalue weighted by Gasteiger charge is -2.02. The first-order valence-corrected chi connectivity index (χ1v) is 9.86. The standard InChI is InChI=1S/C18H15N3O3S2/c1-2-22-14-7-5-12(6-8-14)16-20-21-18(24-16)26-11-13-10-23-17(19-13)15-4-3-9-25-15/h3-10H,2,11H2,1H3. The molecule has 26 heavy (non-hydrogen) atoms. The summed E-state index contributed by atoms with van der Waals surface area (Å²) in [7, 11) is 0. The van der Waals surface area contributed by atoms with Crippen LogP contribution in [0.4, 0.5) is 0 Å². The van der Waals surface area contributed by atoms with Crippen molar-refractivity contribution in [2.75, 3.05) is 6.61 Å². The molecule has 0 amide bonds. The lowest BCUT2D eigenvalue weighted by Crippen LogP contribution is -1.90. The number of ether oxygens (including phenoxy) is 1. The van der Waals surface area contributed by atoms with Gasteiger partial charge in [-0.05, 0) is 42.6 Å². The van der Waals surface area contributed by atoms with Crippen molar-refractivity contribution in [2.24, 2.45) is 0 Å². The second-order valence-corrected chi connectivity index (χ2v) is 7.11. The smallest absolute Gasteiger partial charge is 0.277 e. The van der Waals surface area contributed by atoms with E-state index >= 15 is 0 Å². The molecule has 4 aromatic rings. The first kappa shape index (κ1) is 16.9. The van der Waals surface area contributed by atoms with Crippen molar-refractivity contribution >= 4 is 23.1 Å². The highest BCUT2D eigenvalue weighted by atomic mass is 32.2. The highest BCUT2D eigenvalue weighted by Gasteiger charge is 2.12. The predicted molar refractivity (Wildman–Crippen MR) is 100 cm³/mol. The van der Waals surface area contributed by atoms with E-state index in [1.165, 1.54) is 11.8 Å². The van der Waals surface area contributed by atoms with Gasteiger partial charge in [-0.2, -0.15) is 0 Å². The molecule has 0 bridgehead atoms. The summed E-state index contributed by atoms with van der Waals surface area (Å²) in [6, 6.07) is 11.5. The monoisotopic (exact) mass is 385 g/mol. The van der Waals surface area contributed by atoms with E-state index in [9.17, 15) is 0 Å². The third-order valence-electron chi connectivity index (χ3n) is 3.45. The van der Waals surface area contributed by atoms with Gasteiger partial charge in [-0.1, -0.05) is 17.8 Å². The van der Waals surface area contributed by atoms with Crippen molar-refractivity contribution in [3.8, 4) is 28.0 Å². The van der Waals surface area contributed by atoms with Crippen LogP contribution in [0.3, 0.4) is 0 Å². The van der Waals surface area contributed by atoms with Gasteiger partial charge in [-0.15, -0.1) is 21.5 Å². The maximum Gasteiger partial charge on any atom is 0.277 e. The van der Waals surface area contributed by atoms with E-state index < -0.39 is 0 Å². The van der Waals surface area contributed by atoms with E-state index in [0.717, 1.165) is 21.9 Å². The van der Waals surface area contributed by atoms with Crippen molar-refractivity contribution in [1.29, 1.82) is 0 Å². The molecule has 0 saturated heterocycles. The minimum absolute atomic E-state index is 0.481. The average Bonchev–Trinajstić information content (AvgIpc) is 3.41. The molecule has 0 aliphatic rings. The highest BCUT2D eigenvalue weighted by Crippen LogP contribution is 2.28. The number of thioether (sulfide) groups is 1. The Kier molecular flexibility index (Phi) is 5.03. The number of benzene rings is 1. The normalized spacial score (nSPS) is 11.0. The van der Waals surface area contributed by atoms with E-state index in [2.05, 4.69) is 15.2 Å². The lowest BCUT2D eigenvalue weighted by atomic mass is 10.2. The molecule has 8 heteroatoms. The van der Waals surface area contributed by atoms with Gasteiger partial charge < -0.3 is 13.6 Å². The van der Waals surface area contributed by atoms with Crippen LogP contribution in [-0.4, -0.2) is 21.8 Å². The Morgan fingerprint density at radius 2 is 2.00 bits per heavy atom. The summed E-state index contributed by atoms with van der Waals surface area (Å²) in [6.07, 6.45) is 1.66. The SMILES string of the molecule is CCOc1ccc(-c2nnc(SCc3coc(-c4cccs4)n3)o2)cc1. The lowest BCUT2D eigenvalue weighted by molar-refractivity contribution is 0.340. The maximum absolute atomic E-state index is 5.71. The number of hydrogen-bond acceptors (Lipinski definition) is 8. The molecule has 3 heterocycles. The molecule has 3 aromatic heterocycles. The highest BCUT2D eigenvalue weighted by molar-refractivity contribution is 7.98. The number of hydrogen-bond donors (Lipinski definition) is 0. The van der Waals surface area contributed by atoms with Crippen LogP contribution in [0.2, 0.25) is 0 Å². The van der Waals surface area contributed by atoms with Gasteiger partial charge in [0.15, 0.2) is 0 Å². The number of rotatable bonds is 7. The molecule has 0 spiro atoms. The Balaban J connectivity index is 1.39. The van der Waals surface area contributed by atoms with Gasteiger partial charge in [0.25, 0.3) is 5.22 Å². The molecule has 0 aliphatic carbocycles. The zero-order valence-electron chi connectivity index (χ0n) is 13.9. The molecule has 4 rings (SSSR count). The molecule has 132 valence electrons. The second-order valence-electron chi connectivity index (χ2n) is 5.24. The Bertz CT molecular complexity index is 962. The largest absolute Gasteiger partial charge is 0.494 e. The molecular formula is C18H15N3O3S2. The molecule has 1 aromatic carbocycles. The van der Waals surface area contributed by atoms with Gasteiger partial charge in [0.05, 0.1) is 17.2 Å². The summed E-state index contributed by atoms with van der Waals surface area (Å²) in [6.45, 7) is 2.59. The van der Waals surface area contributed by atoms with E-state index in [1.54, 1.807) is 17.6 Å². The van der Waals surface area contributed by atoms with Gasteiger partial charge >= 0.3 is 0 Å². The van der Waals surface area contributed by atoms with Crippen molar-refractivity contribution in [3.63, 3.8) is 0 Å². The zero-order chi connectivity index (χ0) is 17.8. The fourth-order valence-corrected chi connectivity index (χ4v) is 3.56. The van der Waals surface area contributed by atoms with E-state index in [0.29, 0.717) is 29.4 Å². The number of thiophene rings is 1. The molecule has 0 saturated carbocycles. The molecule has 0 N–H and O–H groups in total. The van der Waals surface area contributed by atoms with E-state index in [4.69, 9.17) is 13.6 Å². The van der Waals surface area contributed by atoms with Crippen molar-refractivity contribution in [3.05, 3.63) is 53.7 Å². The Hall–Kier alpha value is -2.58. The summed E-state index contributed by atoms with van der Waals surface area (Å²) >= 11 is 3.02. The summed E-state index contributed by atoms with van der Waals surface area (Å²) in [4.78, 5) is 5.49. The Morgan fingerprint density at radius 3 is 2.77 bits per heavy atom. The Morgan fingerprint density at radius 1 is 1.12 bits per heavy atom.